The van der Waals surface area contributed by atoms with E-state index in [0.29, 0.717) is 17.4 Å². The number of nitrogens with zero attached hydrogens (tertiary/aromatic N) is 2. The molecule has 0 bridgehead atoms. The van der Waals surface area contributed by atoms with E-state index in [1.54, 1.807) is 0 Å². The molecule has 0 spiro atoms. The molecule has 0 aliphatic rings. The Morgan fingerprint density at radius 1 is 1.27 bits per heavy atom. The summed E-state index contributed by atoms with van der Waals surface area (Å²) in [6.45, 7) is 3.74. The third kappa shape index (κ3) is 1.87. The number of aryl methyl sites for hydroxylation is 2. The molecule has 0 saturated carbocycles. The Morgan fingerprint density at radius 3 is 2.53 bits per heavy atom. The molecule has 4 nitrogen and oxygen atoms in total. The van der Waals surface area contributed by atoms with E-state index in [1.165, 1.54) is 0 Å². The lowest BCUT2D eigenvalue weighted by molar-refractivity contribution is 0.544. The van der Waals surface area contributed by atoms with Crippen LogP contribution in [-0.4, -0.2) is 9.97 Å². The van der Waals surface area contributed by atoms with Crippen molar-refractivity contribution >= 4 is 21.7 Å². The van der Waals surface area contributed by atoms with Gasteiger partial charge in [0.05, 0.1) is 10.2 Å². The Bertz CT molecular complexity index is 484. The van der Waals surface area contributed by atoms with E-state index in [0.717, 1.165) is 15.9 Å². The first-order valence-electron chi connectivity index (χ1n) is 4.44. The average molecular weight is 268 g/mol. The maximum atomic E-state index is 5.73. The Hall–Kier alpha value is -1.36. The molecule has 0 fully saturated rings. The summed E-state index contributed by atoms with van der Waals surface area (Å²) in [7, 11) is 0. The minimum absolute atomic E-state index is 0.423. The number of nitrogens with two attached hydrogens (primary N) is 1. The Kier molecular flexibility index (Phi) is 2.48. The minimum Gasteiger partial charge on any atom is -0.458 e. The van der Waals surface area contributed by atoms with E-state index in [-0.39, 0.29) is 0 Å². The van der Waals surface area contributed by atoms with E-state index in [1.807, 2.05) is 26.0 Å². The summed E-state index contributed by atoms with van der Waals surface area (Å²) in [5.74, 6) is 2.40. The quantitative estimate of drug-likeness (QED) is 0.863. The zero-order valence-electron chi connectivity index (χ0n) is 8.41. The second-order valence-electron chi connectivity index (χ2n) is 3.24. The highest BCUT2D eigenvalue weighted by Crippen LogP contribution is 2.25. The van der Waals surface area contributed by atoms with Gasteiger partial charge in [-0.3, -0.25) is 0 Å². The van der Waals surface area contributed by atoms with Gasteiger partial charge in [-0.25, -0.2) is 9.97 Å². The standard InChI is InChI=1S/C10H10BrN3O/c1-5-3-4-7(15-5)10-13-6(2)8(11)9(12)14-10/h3-4H,1-2H3,(H2,12,13,14). The molecule has 78 valence electrons. The summed E-state index contributed by atoms with van der Waals surface area (Å²) in [6.07, 6.45) is 0. The Morgan fingerprint density at radius 2 is 2.00 bits per heavy atom. The van der Waals surface area contributed by atoms with Crippen LogP contribution in [0.15, 0.2) is 21.0 Å². The summed E-state index contributed by atoms with van der Waals surface area (Å²) in [5.41, 5.74) is 6.52. The zero-order valence-corrected chi connectivity index (χ0v) is 10.00. The minimum atomic E-state index is 0.423. The van der Waals surface area contributed by atoms with E-state index in [2.05, 4.69) is 25.9 Å². The van der Waals surface area contributed by atoms with Crippen molar-refractivity contribution < 1.29 is 4.42 Å². The molecule has 2 N–H and O–H groups in total. The first-order valence-corrected chi connectivity index (χ1v) is 5.23. The number of anilines is 1. The van der Waals surface area contributed by atoms with Crippen LogP contribution in [0.5, 0.6) is 0 Å². The van der Waals surface area contributed by atoms with E-state index < -0.39 is 0 Å². The van der Waals surface area contributed by atoms with Crippen LogP contribution in [0.3, 0.4) is 0 Å². The number of aromatic nitrogens is 2. The summed E-state index contributed by atoms with van der Waals surface area (Å²) in [5, 5.41) is 0. The van der Waals surface area contributed by atoms with Crippen LogP contribution in [0.1, 0.15) is 11.5 Å². The maximum Gasteiger partial charge on any atom is 0.197 e. The highest BCUT2D eigenvalue weighted by atomic mass is 79.9. The third-order valence-electron chi connectivity index (χ3n) is 2.00. The molecule has 0 aromatic carbocycles. The molecular weight excluding hydrogens is 258 g/mol. The second kappa shape index (κ2) is 3.66. The number of hydrogen-bond acceptors (Lipinski definition) is 4. The van der Waals surface area contributed by atoms with Crippen molar-refractivity contribution in [2.75, 3.05) is 5.73 Å². The van der Waals surface area contributed by atoms with Crippen LogP contribution in [0.25, 0.3) is 11.6 Å². The second-order valence-corrected chi connectivity index (χ2v) is 4.04. The Balaban J connectivity index is 2.55. The van der Waals surface area contributed by atoms with Gasteiger partial charge in [-0.05, 0) is 41.9 Å². The van der Waals surface area contributed by atoms with Crippen molar-refractivity contribution in [1.82, 2.24) is 9.97 Å². The molecule has 2 rings (SSSR count). The lowest BCUT2D eigenvalue weighted by Crippen LogP contribution is -1.99. The van der Waals surface area contributed by atoms with Gasteiger partial charge in [0.25, 0.3) is 0 Å². The lowest BCUT2D eigenvalue weighted by Gasteiger charge is -2.03. The molecule has 0 unspecified atom stereocenters. The highest BCUT2D eigenvalue weighted by Gasteiger charge is 2.10. The van der Waals surface area contributed by atoms with E-state index in [4.69, 9.17) is 10.2 Å². The van der Waals surface area contributed by atoms with Crippen molar-refractivity contribution in [2.45, 2.75) is 13.8 Å². The number of rotatable bonds is 1. The van der Waals surface area contributed by atoms with Crippen LogP contribution in [-0.2, 0) is 0 Å². The summed E-state index contributed by atoms with van der Waals surface area (Å²) >= 11 is 3.31. The molecular formula is C10H10BrN3O. The van der Waals surface area contributed by atoms with Crippen LogP contribution in [0.4, 0.5) is 5.82 Å². The molecule has 5 heteroatoms. The first kappa shape index (κ1) is 10.2. The SMILES string of the molecule is Cc1ccc(-c2nc(C)c(Br)c(N)n2)o1. The third-order valence-corrected chi connectivity index (χ3v) is 2.98. The predicted octanol–water partition coefficient (Wildman–Crippen LogP) is 2.70. The summed E-state index contributed by atoms with van der Waals surface area (Å²) in [6, 6.07) is 3.70. The number of halogens is 1. The number of furan rings is 1. The van der Waals surface area contributed by atoms with E-state index in [9.17, 15) is 0 Å². The highest BCUT2D eigenvalue weighted by molar-refractivity contribution is 9.10. The summed E-state index contributed by atoms with van der Waals surface area (Å²) in [4.78, 5) is 8.43. The topological polar surface area (TPSA) is 64.9 Å². The molecule has 0 amide bonds. The van der Waals surface area contributed by atoms with Crippen LogP contribution in [0, 0.1) is 13.8 Å². The lowest BCUT2D eigenvalue weighted by atomic mass is 10.3. The normalized spacial score (nSPS) is 10.6. The van der Waals surface area contributed by atoms with Crippen LogP contribution < -0.4 is 5.73 Å². The monoisotopic (exact) mass is 267 g/mol. The van der Waals surface area contributed by atoms with Gasteiger partial charge in [-0.1, -0.05) is 0 Å². The first-order chi connectivity index (χ1) is 7.08. The van der Waals surface area contributed by atoms with Gasteiger partial charge in [0.1, 0.15) is 11.6 Å². The van der Waals surface area contributed by atoms with Gasteiger partial charge in [-0.15, -0.1) is 0 Å². The predicted molar refractivity (Wildman–Crippen MR) is 61.3 cm³/mol. The van der Waals surface area contributed by atoms with Crippen molar-refractivity contribution in [2.24, 2.45) is 0 Å². The molecule has 0 saturated heterocycles. The van der Waals surface area contributed by atoms with E-state index >= 15 is 0 Å². The van der Waals surface area contributed by atoms with Crippen molar-refractivity contribution in [3.8, 4) is 11.6 Å². The molecule has 0 aliphatic heterocycles. The van der Waals surface area contributed by atoms with Gasteiger partial charge < -0.3 is 10.2 Å². The molecule has 2 aromatic rings. The van der Waals surface area contributed by atoms with Gasteiger partial charge in [0.2, 0.25) is 0 Å². The fourth-order valence-corrected chi connectivity index (χ4v) is 1.42. The van der Waals surface area contributed by atoms with Crippen molar-refractivity contribution in [3.63, 3.8) is 0 Å². The largest absolute Gasteiger partial charge is 0.458 e. The van der Waals surface area contributed by atoms with Gasteiger partial charge in [0.15, 0.2) is 11.6 Å². The van der Waals surface area contributed by atoms with Crippen LogP contribution >= 0.6 is 15.9 Å². The fraction of sp³-hybridized carbons (Fsp3) is 0.200. The molecule has 0 aliphatic carbocycles. The number of hydrogen-bond donors (Lipinski definition) is 1. The zero-order chi connectivity index (χ0) is 11.0. The molecule has 2 heterocycles. The molecule has 0 atom stereocenters. The smallest absolute Gasteiger partial charge is 0.197 e. The molecule has 2 aromatic heterocycles. The van der Waals surface area contributed by atoms with Crippen molar-refractivity contribution in [3.05, 3.63) is 28.1 Å². The average Bonchev–Trinajstić information content (AvgIpc) is 2.60. The fourth-order valence-electron chi connectivity index (χ4n) is 1.25. The summed E-state index contributed by atoms with van der Waals surface area (Å²) < 4.78 is 6.15. The maximum absolute atomic E-state index is 5.73. The van der Waals surface area contributed by atoms with Gasteiger partial charge >= 0.3 is 0 Å². The van der Waals surface area contributed by atoms with Crippen molar-refractivity contribution in [1.29, 1.82) is 0 Å². The van der Waals surface area contributed by atoms with Gasteiger partial charge in [-0.2, -0.15) is 0 Å². The number of nitrogen functional groups attached to an aromatic ring is 1. The van der Waals surface area contributed by atoms with Gasteiger partial charge in [0, 0.05) is 0 Å². The Labute approximate surface area is 95.7 Å². The molecule has 0 radical (unpaired) electrons. The molecule has 15 heavy (non-hydrogen) atoms. The van der Waals surface area contributed by atoms with Crippen LogP contribution in [0.2, 0.25) is 0 Å².